The van der Waals surface area contributed by atoms with E-state index in [1.54, 1.807) is 0 Å². The van der Waals surface area contributed by atoms with Crippen molar-refractivity contribution in [1.82, 2.24) is 9.78 Å². The van der Waals surface area contributed by atoms with Crippen molar-refractivity contribution < 1.29 is 18.7 Å². The second-order valence-corrected chi connectivity index (χ2v) is 2.88. The first-order chi connectivity index (χ1) is 6.06. The minimum Gasteiger partial charge on any atom is -0.478 e. The zero-order chi connectivity index (χ0) is 10.0. The Labute approximate surface area is 85.7 Å². The van der Waals surface area contributed by atoms with Gasteiger partial charge in [-0.2, -0.15) is 5.10 Å². The zero-order valence-corrected chi connectivity index (χ0v) is 8.40. The highest BCUT2D eigenvalue weighted by atomic mass is 127. The fourth-order valence-electron chi connectivity index (χ4n) is 0.823. The summed E-state index contributed by atoms with van der Waals surface area (Å²) in [5, 5.41) is 12.0. The molecule has 1 N–H and O–H groups in total. The van der Waals surface area contributed by atoms with Crippen LogP contribution in [0.25, 0.3) is 0 Å². The van der Waals surface area contributed by atoms with Crippen molar-refractivity contribution in [3.8, 4) is 0 Å². The molecule has 0 saturated heterocycles. The second kappa shape index (κ2) is 3.99. The maximum atomic E-state index is 12.2. The molecule has 0 aliphatic heterocycles. The Hall–Kier alpha value is -0.730. The Morgan fingerprint density at radius 2 is 2.38 bits per heavy atom. The number of carbonyl (C=O) groups is 1. The largest absolute Gasteiger partial charge is 0.478 e. The highest BCUT2D eigenvalue weighted by Crippen LogP contribution is 2.21. The van der Waals surface area contributed by atoms with Gasteiger partial charge in [-0.05, 0) is 0 Å². The van der Waals surface area contributed by atoms with E-state index in [-0.39, 0.29) is 0 Å². The molecule has 1 heterocycles. The molecule has 0 bridgehead atoms. The molecule has 72 valence electrons. The summed E-state index contributed by atoms with van der Waals surface area (Å²) in [6, 6.07) is 0. The van der Waals surface area contributed by atoms with Crippen LogP contribution in [0.15, 0.2) is 6.20 Å². The quantitative estimate of drug-likeness (QED) is 0.685. The molecular weight excluding hydrogens is 297 g/mol. The van der Waals surface area contributed by atoms with Crippen LogP contribution in [-0.2, 0) is 4.55 Å². The van der Waals surface area contributed by atoms with Crippen LogP contribution in [0.1, 0.15) is 22.5 Å². The number of hydrogen-bond acceptors (Lipinski definition) is 2. The maximum absolute atomic E-state index is 12.2. The number of carboxylic acids is 1. The van der Waals surface area contributed by atoms with Gasteiger partial charge < -0.3 is 5.11 Å². The lowest BCUT2D eigenvalue weighted by Crippen LogP contribution is -1.99. The molecule has 13 heavy (non-hydrogen) atoms. The van der Waals surface area contributed by atoms with E-state index in [0.29, 0.717) is 4.55 Å². The summed E-state index contributed by atoms with van der Waals surface area (Å²) in [5.41, 5.74) is -1.11. The Morgan fingerprint density at radius 3 is 2.69 bits per heavy atom. The molecule has 0 aromatic carbocycles. The third kappa shape index (κ3) is 2.14. The molecule has 0 fully saturated rings. The van der Waals surface area contributed by atoms with Crippen molar-refractivity contribution in [2.45, 2.75) is 11.0 Å². The van der Waals surface area contributed by atoms with Crippen molar-refractivity contribution in [3.63, 3.8) is 0 Å². The number of aromatic nitrogens is 2. The molecule has 7 heteroatoms. The van der Waals surface area contributed by atoms with E-state index < -0.39 is 23.7 Å². The number of halogens is 3. The second-order valence-electron chi connectivity index (χ2n) is 2.19. The fourth-order valence-corrected chi connectivity index (χ4v) is 1.17. The van der Waals surface area contributed by atoms with Crippen molar-refractivity contribution in [1.29, 1.82) is 0 Å². The maximum Gasteiger partial charge on any atom is 0.339 e. The minimum atomic E-state index is -2.85. The van der Waals surface area contributed by atoms with E-state index in [1.807, 2.05) is 22.6 Å². The zero-order valence-electron chi connectivity index (χ0n) is 6.25. The lowest BCUT2D eigenvalue weighted by molar-refractivity contribution is 0.0684. The van der Waals surface area contributed by atoms with E-state index in [2.05, 4.69) is 5.10 Å². The highest BCUT2D eigenvalue weighted by Gasteiger charge is 2.22. The monoisotopic (exact) mass is 302 g/mol. The van der Waals surface area contributed by atoms with Gasteiger partial charge in [0.25, 0.3) is 6.43 Å². The third-order valence-electron chi connectivity index (χ3n) is 1.35. The van der Waals surface area contributed by atoms with Crippen LogP contribution in [0.3, 0.4) is 0 Å². The molecule has 0 radical (unpaired) electrons. The molecule has 0 aliphatic rings. The SMILES string of the molecule is O=C(O)c1cn(CI)nc1C(F)F. The standard InChI is InChI=1S/C6H5F2IN2O2/c7-5(8)4-3(6(12)13)1-11(2-9)10-4/h1,5H,2H2,(H,12,13). The molecule has 0 spiro atoms. The Kier molecular flexibility index (Phi) is 3.17. The molecule has 1 aromatic heterocycles. The summed E-state index contributed by atoms with van der Waals surface area (Å²) in [4.78, 5) is 10.5. The normalized spacial score (nSPS) is 10.8. The summed E-state index contributed by atoms with van der Waals surface area (Å²) in [7, 11) is 0. The summed E-state index contributed by atoms with van der Waals surface area (Å²) in [6.45, 7) is 0. The minimum absolute atomic E-state index is 0.338. The van der Waals surface area contributed by atoms with Gasteiger partial charge in [0, 0.05) is 6.20 Å². The summed E-state index contributed by atoms with van der Waals surface area (Å²) >= 11 is 1.89. The molecule has 1 aromatic rings. The van der Waals surface area contributed by atoms with Crippen molar-refractivity contribution in [3.05, 3.63) is 17.5 Å². The van der Waals surface area contributed by atoms with Gasteiger partial charge in [-0.25, -0.2) is 13.6 Å². The van der Waals surface area contributed by atoms with Crippen LogP contribution >= 0.6 is 22.6 Å². The van der Waals surface area contributed by atoms with Gasteiger partial charge in [-0.15, -0.1) is 0 Å². The first-order valence-corrected chi connectivity index (χ1v) is 4.73. The molecule has 0 saturated carbocycles. The van der Waals surface area contributed by atoms with Crippen LogP contribution in [0.4, 0.5) is 8.78 Å². The van der Waals surface area contributed by atoms with Crippen LogP contribution < -0.4 is 0 Å². The number of hydrogen-bond donors (Lipinski definition) is 1. The van der Waals surface area contributed by atoms with Crippen LogP contribution in [0, 0.1) is 0 Å². The van der Waals surface area contributed by atoms with E-state index in [0.717, 1.165) is 10.9 Å². The Bertz CT molecular complexity index is 326. The van der Waals surface area contributed by atoms with Gasteiger partial charge in [-0.3, -0.25) is 4.68 Å². The van der Waals surface area contributed by atoms with Gasteiger partial charge in [-0.1, -0.05) is 22.6 Å². The molecule has 0 atom stereocenters. The van der Waals surface area contributed by atoms with Gasteiger partial charge in [0.2, 0.25) is 0 Å². The number of rotatable bonds is 3. The molecule has 0 amide bonds. The molecular formula is C6H5F2IN2O2. The summed E-state index contributed by atoms with van der Waals surface area (Å²) in [6.07, 6.45) is -1.76. The first-order valence-electron chi connectivity index (χ1n) is 3.21. The van der Waals surface area contributed by atoms with Gasteiger partial charge in [0.15, 0.2) is 0 Å². The van der Waals surface area contributed by atoms with Crippen LogP contribution in [0.2, 0.25) is 0 Å². The average molecular weight is 302 g/mol. The van der Waals surface area contributed by atoms with E-state index in [4.69, 9.17) is 5.11 Å². The van der Waals surface area contributed by atoms with Crippen molar-refractivity contribution in [2.75, 3.05) is 0 Å². The number of nitrogens with zero attached hydrogens (tertiary/aromatic N) is 2. The van der Waals surface area contributed by atoms with Gasteiger partial charge in [0.05, 0.1) is 4.55 Å². The molecule has 1 rings (SSSR count). The van der Waals surface area contributed by atoms with Gasteiger partial charge in [0.1, 0.15) is 11.3 Å². The Morgan fingerprint density at radius 1 is 1.77 bits per heavy atom. The average Bonchev–Trinajstić information content (AvgIpc) is 2.47. The molecule has 0 unspecified atom stereocenters. The smallest absolute Gasteiger partial charge is 0.339 e. The predicted octanol–water partition coefficient (Wildman–Crippen LogP) is 1.91. The lowest BCUT2D eigenvalue weighted by atomic mass is 10.2. The summed E-state index contributed by atoms with van der Waals surface area (Å²) in [5.74, 6) is -1.38. The highest BCUT2D eigenvalue weighted by molar-refractivity contribution is 14.1. The predicted molar refractivity (Wildman–Crippen MR) is 48.2 cm³/mol. The topological polar surface area (TPSA) is 55.1 Å². The van der Waals surface area contributed by atoms with Crippen molar-refractivity contribution in [2.24, 2.45) is 0 Å². The first kappa shape index (κ1) is 10.4. The van der Waals surface area contributed by atoms with Crippen LogP contribution in [0.5, 0.6) is 0 Å². The summed E-state index contributed by atoms with van der Waals surface area (Å²) < 4.78 is 25.9. The third-order valence-corrected chi connectivity index (χ3v) is 2.05. The number of alkyl halides is 3. The van der Waals surface area contributed by atoms with Crippen molar-refractivity contribution >= 4 is 28.6 Å². The number of carboxylic acid groups (broad SMARTS) is 1. The van der Waals surface area contributed by atoms with E-state index >= 15 is 0 Å². The van der Waals surface area contributed by atoms with E-state index in [1.165, 1.54) is 0 Å². The molecule has 0 aliphatic carbocycles. The molecule has 4 nitrogen and oxygen atoms in total. The fraction of sp³-hybridized carbons (Fsp3) is 0.333. The van der Waals surface area contributed by atoms with Crippen LogP contribution in [-0.4, -0.2) is 20.9 Å². The number of aromatic carboxylic acids is 1. The lowest BCUT2D eigenvalue weighted by Gasteiger charge is -1.93. The van der Waals surface area contributed by atoms with E-state index in [9.17, 15) is 13.6 Å². The Balaban J connectivity index is 3.15. The van der Waals surface area contributed by atoms with Gasteiger partial charge >= 0.3 is 5.97 Å².